The van der Waals surface area contributed by atoms with Gasteiger partial charge in [0.15, 0.2) is 0 Å². The molecule has 0 unspecified atom stereocenters. The van der Waals surface area contributed by atoms with E-state index < -0.39 is 0 Å². The largest absolute Gasteiger partial charge is 0.464 e. The highest BCUT2D eigenvalue weighted by atomic mass is 16.5. The van der Waals surface area contributed by atoms with Crippen molar-refractivity contribution in [1.29, 1.82) is 0 Å². The summed E-state index contributed by atoms with van der Waals surface area (Å²) in [5.41, 5.74) is 0. The van der Waals surface area contributed by atoms with E-state index in [1.165, 1.54) is 0 Å². The number of nitrogens with zero attached hydrogens (tertiary/aromatic N) is 1. The predicted octanol–water partition coefficient (Wildman–Crippen LogP) is 0.135. The number of hydrazine groups is 1. The Morgan fingerprint density at radius 1 is 1.55 bits per heavy atom. The second kappa shape index (κ2) is 6.12. The van der Waals surface area contributed by atoms with Crippen LogP contribution in [-0.4, -0.2) is 30.7 Å². The summed E-state index contributed by atoms with van der Waals surface area (Å²) in [5.74, 6) is 5.27. The molecule has 0 spiro atoms. The molecule has 4 nitrogen and oxygen atoms in total. The van der Waals surface area contributed by atoms with Gasteiger partial charge in [-0.1, -0.05) is 13.8 Å². The monoisotopic (exact) mass is 160 g/mol. The van der Waals surface area contributed by atoms with E-state index in [0.29, 0.717) is 19.6 Å². The maximum absolute atomic E-state index is 10.6. The standard InChI is InChI=1S/C7H16N2O2/c1-3-7(10)11-6-5-9(8)4-2/h3-6,8H2,1-2H3. The van der Waals surface area contributed by atoms with Gasteiger partial charge in [-0.15, -0.1) is 0 Å². The summed E-state index contributed by atoms with van der Waals surface area (Å²) >= 11 is 0. The summed E-state index contributed by atoms with van der Waals surface area (Å²) in [7, 11) is 0. The minimum Gasteiger partial charge on any atom is -0.464 e. The molecule has 0 aromatic carbocycles. The van der Waals surface area contributed by atoms with E-state index in [1.807, 2.05) is 6.92 Å². The van der Waals surface area contributed by atoms with Gasteiger partial charge >= 0.3 is 5.97 Å². The maximum atomic E-state index is 10.6. The molecule has 4 heteroatoms. The van der Waals surface area contributed by atoms with Gasteiger partial charge in [0.05, 0.1) is 0 Å². The molecule has 11 heavy (non-hydrogen) atoms. The van der Waals surface area contributed by atoms with Crippen molar-refractivity contribution in [2.24, 2.45) is 5.84 Å². The molecule has 0 rings (SSSR count). The first-order valence-electron chi connectivity index (χ1n) is 3.86. The first-order valence-corrected chi connectivity index (χ1v) is 3.86. The predicted molar refractivity (Wildman–Crippen MR) is 42.7 cm³/mol. The minimum atomic E-state index is -0.172. The van der Waals surface area contributed by atoms with Gasteiger partial charge in [0.2, 0.25) is 0 Å². The summed E-state index contributed by atoms with van der Waals surface area (Å²) in [5, 5.41) is 1.60. The van der Waals surface area contributed by atoms with Crippen molar-refractivity contribution in [3.8, 4) is 0 Å². The second-order valence-electron chi connectivity index (χ2n) is 2.20. The van der Waals surface area contributed by atoms with Gasteiger partial charge in [-0.05, 0) is 0 Å². The Kier molecular flexibility index (Phi) is 5.78. The van der Waals surface area contributed by atoms with Crippen molar-refractivity contribution in [3.05, 3.63) is 0 Å². The van der Waals surface area contributed by atoms with E-state index in [2.05, 4.69) is 0 Å². The zero-order valence-electron chi connectivity index (χ0n) is 7.17. The highest BCUT2D eigenvalue weighted by Gasteiger charge is 1.98. The highest BCUT2D eigenvalue weighted by Crippen LogP contribution is 1.84. The van der Waals surface area contributed by atoms with Crippen LogP contribution < -0.4 is 5.84 Å². The van der Waals surface area contributed by atoms with Crippen molar-refractivity contribution in [2.75, 3.05) is 19.7 Å². The fraction of sp³-hybridized carbons (Fsp3) is 0.857. The van der Waals surface area contributed by atoms with E-state index in [4.69, 9.17) is 10.6 Å². The lowest BCUT2D eigenvalue weighted by Crippen LogP contribution is -2.34. The first-order chi connectivity index (χ1) is 5.20. The average Bonchev–Trinajstić information content (AvgIpc) is 2.04. The molecular weight excluding hydrogens is 144 g/mol. The molecule has 0 aliphatic rings. The fourth-order valence-corrected chi connectivity index (χ4v) is 0.537. The number of hydrogen-bond donors (Lipinski definition) is 1. The quantitative estimate of drug-likeness (QED) is 0.353. The van der Waals surface area contributed by atoms with E-state index in [-0.39, 0.29) is 5.97 Å². The van der Waals surface area contributed by atoms with Crippen molar-refractivity contribution in [2.45, 2.75) is 20.3 Å². The summed E-state index contributed by atoms with van der Waals surface area (Å²) in [6.07, 6.45) is 0.427. The molecule has 0 atom stereocenters. The zero-order valence-corrected chi connectivity index (χ0v) is 7.17. The summed E-state index contributed by atoms with van der Waals surface area (Å²) < 4.78 is 4.80. The number of hydrogen-bond acceptors (Lipinski definition) is 4. The Bertz CT molecular complexity index is 117. The molecule has 2 N–H and O–H groups in total. The summed E-state index contributed by atoms with van der Waals surface area (Å²) in [4.78, 5) is 10.6. The van der Waals surface area contributed by atoms with Gasteiger partial charge in [-0.2, -0.15) is 0 Å². The highest BCUT2D eigenvalue weighted by molar-refractivity contribution is 5.68. The maximum Gasteiger partial charge on any atom is 0.305 e. The minimum absolute atomic E-state index is 0.172. The smallest absolute Gasteiger partial charge is 0.305 e. The third-order valence-electron chi connectivity index (χ3n) is 1.34. The molecule has 0 fully saturated rings. The SMILES string of the molecule is CCC(=O)OCCN(N)CC. The molecule has 0 bridgehead atoms. The molecule has 0 saturated carbocycles. The number of carbonyl (C=O) groups excluding carboxylic acids is 1. The van der Waals surface area contributed by atoms with Crippen LogP contribution in [-0.2, 0) is 9.53 Å². The molecule has 0 radical (unpaired) electrons. The fourth-order valence-electron chi connectivity index (χ4n) is 0.537. The van der Waals surface area contributed by atoms with E-state index in [1.54, 1.807) is 11.9 Å². The second-order valence-corrected chi connectivity index (χ2v) is 2.20. The van der Waals surface area contributed by atoms with Crippen LogP contribution in [0.5, 0.6) is 0 Å². The van der Waals surface area contributed by atoms with E-state index >= 15 is 0 Å². The van der Waals surface area contributed by atoms with Crippen LogP contribution in [0.3, 0.4) is 0 Å². The molecule has 0 aromatic rings. The number of rotatable bonds is 5. The molecule has 0 aliphatic heterocycles. The molecule has 0 aromatic heterocycles. The van der Waals surface area contributed by atoms with Crippen molar-refractivity contribution >= 4 is 5.97 Å². The normalized spacial score (nSPS) is 10.2. The Labute approximate surface area is 67.3 Å². The lowest BCUT2D eigenvalue weighted by Gasteiger charge is -2.12. The zero-order chi connectivity index (χ0) is 8.69. The van der Waals surface area contributed by atoms with Crippen LogP contribution in [0.25, 0.3) is 0 Å². The van der Waals surface area contributed by atoms with Gasteiger partial charge in [0, 0.05) is 19.5 Å². The van der Waals surface area contributed by atoms with Gasteiger partial charge in [0.25, 0.3) is 0 Å². The third kappa shape index (κ3) is 5.82. The number of likely N-dealkylation sites (N-methyl/N-ethyl adjacent to an activating group) is 1. The number of nitrogens with two attached hydrogens (primary N) is 1. The molecular formula is C7H16N2O2. The van der Waals surface area contributed by atoms with Gasteiger partial charge < -0.3 is 4.74 Å². The topological polar surface area (TPSA) is 55.6 Å². The summed E-state index contributed by atoms with van der Waals surface area (Å²) in [6, 6.07) is 0. The number of ether oxygens (including phenoxy) is 1. The van der Waals surface area contributed by atoms with Gasteiger partial charge in [-0.25, -0.2) is 5.01 Å². The van der Waals surface area contributed by atoms with Crippen molar-refractivity contribution in [3.63, 3.8) is 0 Å². The van der Waals surface area contributed by atoms with E-state index in [9.17, 15) is 4.79 Å². The Hall–Kier alpha value is -0.610. The van der Waals surface area contributed by atoms with Crippen LogP contribution in [0, 0.1) is 0 Å². The molecule has 66 valence electrons. The lowest BCUT2D eigenvalue weighted by molar-refractivity contribution is -0.143. The van der Waals surface area contributed by atoms with Gasteiger partial charge in [0.1, 0.15) is 6.61 Å². The molecule has 0 saturated heterocycles. The number of carbonyl (C=O) groups is 1. The van der Waals surface area contributed by atoms with Crippen LogP contribution in [0.1, 0.15) is 20.3 Å². The van der Waals surface area contributed by atoms with Crippen LogP contribution in [0.2, 0.25) is 0 Å². The average molecular weight is 160 g/mol. The Morgan fingerprint density at radius 2 is 2.18 bits per heavy atom. The van der Waals surface area contributed by atoms with Gasteiger partial charge in [-0.3, -0.25) is 10.6 Å². The molecule has 0 amide bonds. The van der Waals surface area contributed by atoms with Crippen molar-refractivity contribution < 1.29 is 9.53 Å². The van der Waals surface area contributed by atoms with E-state index in [0.717, 1.165) is 6.54 Å². The van der Waals surface area contributed by atoms with Crippen LogP contribution in [0.4, 0.5) is 0 Å². The number of esters is 1. The summed E-state index contributed by atoms with van der Waals surface area (Å²) in [6.45, 7) is 5.47. The lowest BCUT2D eigenvalue weighted by atomic mass is 10.5. The van der Waals surface area contributed by atoms with Crippen molar-refractivity contribution in [1.82, 2.24) is 5.01 Å². The first kappa shape index (κ1) is 10.4. The molecule has 0 aliphatic carbocycles. The van der Waals surface area contributed by atoms with Crippen LogP contribution in [0.15, 0.2) is 0 Å². The van der Waals surface area contributed by atoms with Crippen LogP contribution >= 0.6 is 0 Å². The Balaban J connectivity index is 3.20. The molecule has 0 heterocycles. The Morgan fingerprint density at radius 3 is 2.64 bits per heavy atom. The third-order valence-corrected chi connectivity index (χ3v) is 1.34.